The molecule has 0 heterocycles. The van der Waals surface area contributed by atoms with Crippen molar-refractivity contribution in [3.63, 3.8) is 0 Å². The average molecular weight is 600 g/mol. The molecule has 4 saturated carbocycles. The molecule has 242 valence electrons. The third-order valence-corrected chi connectivity index (χ3v) is 14.3. The van der Waals surface area contributed by atoms with Gasteiger partial charge in [-0.15, -0.1) is 0 Å². The summed E-state index contributed by atoms with van der Waals surface area (Å²) in [7, 11) is 0. The monoisotopic (exact) mass is 599 g/mol. The molecule has 4 fully saturated rings. The maximum atomic E-state index is 12.9. The summed E-state index contributed by atoms with van der Waals surface area (Å²) in [6.45, 7) is 16.8. The van der Waals surface area contributed by atoms with Crippen LogP contribution in [0.25, 0.3) is 0 Å². The minimum absolute atomic E-state index is 0.00894. The lowest BCUT2D eigenvalue weighted by atomic mass is 9.33. The Labute approximate surface area is 259 Å². The molecule has 0 aromatic heterocycles. The average Bonchev–Trinajstić information content (AvgIpc) is 2.92. The lowest BCUT2D eigenvalue weighted by Crippen LogP contribution is -2.65. The van der Waals surface area contributed by atoms with Crippen LogP contribution in [0.2, 0.25) is 0 Å². The van der Waals surface area contributed by atoms with Crippen molar-refractivity contribution >= 4 is 17.8 Å². The number of carbonyl (C=O) groups is 3. The zero-order valence-corrected chi connectivity index (χ0v) is 27.8. The van der Waals surface area contributed by atoms with Crippen LogP contribution in [0, 0.1) is 50.2 Å². The third kappa shape index (κ3) is 4.98. The van der Waals surface area contributed by atoms with E-state index in [1.165, 1.54) is 5.57 Å². The van der Waals surface area contributed by atoms with E-state index >= 15 is 0 Å². The van der Waals surface area contributed by atoms with Gasteiger partial charge in [0.25, 0.3) is 0 Å². The highest BCUT2D eigenvalue weighted by Gasteiger charge is 2.69. The molecule has 5 aliphatic rings. The summed E-state index contributed by atoms with van der Waals surface area (Å²) in [5.74, 6) is -0.128. The van der Waals surface area contributed by atoms with Crippen LogP contribution in [0.4, 0.5) is 0 Å². The lowest BCUT2D eigenvalue weighted by Gasteiger charge is -2.71. The van der Waals surface area contributed by atoms with E-state index in [0.29, 0.717) is 11.8 Å². The maximum Gasteiger partial charge on any atom is 0.310 e. The Balaban J connectivity index is 1.38. The zero-order valence-electron chi connectivity index (χ0n) is 27.8. The number of nitrogens with one attached hydrogen (secondary N) is 1. The Hall–Kier alpha value is -1.89. The van der Waals surface area contributed by atoms with Crippen molar-refractivity contribution < 1.29 is 29.3 Å². The van der Waals surface area contributed by atoms with Crippen molar-refractivity contribution in [1.82, 2.24) is 5.32 Å². The Bertz CT molecular complexity index is 1170. The first-order valence-electron chi connectivity index (χ1n) is 17.0. The van der Waals surface area contributed by atoms with Crippen LogP contribution in [-0.2, 0) is 19.1 Å². The molecule has 0 aromatic rings. The van der Waals surface area contributed by atoms with Crippen LogP contribution in [0.15, 0.2) is 11.6 Å². The molecule has 3 N–H and O–H groups in total. The number of aliphatic carboxylic acids is 1. The number of aliphatic hydroxyl groups excluding tert-OH is 1. The van der Waals surface area contributed by atoms with Crippen molar-refractivity contribution in [1.29, 1.82) is 0 Å². The Kier molecular flexibility index (Phi) is 8.22. The minimum Gasteiger partial charge on any atom is -0.481 e. The van der Waals surface area contributed by atoms with Crippen LogP contribution in [0.1, 0.15) is 126 Å². The summed E-state index contributed by atoms with van der Waals surface area (Å²) < 4.78 is 6.10. The number of carboxylic acids is 1. The van der Waals surface area contributed by atoms with Crippen LogP contribution in [-0.4, -0.2) is 47.3 Å². The van der Waals surface area contributed by atoms with Crippen molar-refractivity contribution in [2.75, 3.05) is 13.2 Å². The second-order valence-electron chi connectivity index (χ2n) is 17.1. The largest absolute Gasteiger partial charge is 0.481 e. The molecule has 5 aliphatic carbocycles. The molecule has 7 heteroatoms. The van der Waals surface area contributed by atoms with E-state index in [0.717, 1.165) is 64.2 Å². The lowest BCUT2D eigenvalue weighted by molar-refractivity contribution is -0.214. The van der Waals surface area contributed by atoms with Crippen LogP contribution < -0.4 is 5.32 Å². The molecule has 0 unspecified atom stereocenters. The first kappa shape index (κ1) is 32.5. The number of ether oxygens (including phenoxy) is 1. The Morgan fingerprint density at radius 3 is 2.28 bits per heavy atom. The highest BCUT2D eigenvalue weighted by atomic mass is 16.5. The van der Waals surface area contributed by atoms with E-state index in [1.54, 1.807) is 0 Å². The van der Waals surface area contributed by atoms with Gasteiger partial charge in [0.1, 0.15) is 6.10 Å². The fourth-order valence-corrected chi connectivity index (χ4v) is 11.5. The van der Waals surface area contributed by atoms with Crippen molar-refractivity contribution in [2.24, 2.45) is 50.2 Å². The van der Waals surface area contributed by atoms with Gasteiger partial charge >= 0.3 is 11.9 Å². The van der Waals surface area contributed by atoms with E-state index in [4.69, 9.17) is 9.84 Å². The van der Waals surface area contributed by atoms with Gasteiger partial charge in [0, 0.05) is 18.4 Å². The predicted octanol–water partition coefficient (Wildman–Crippen LogP) is 6.67. The number of esters is 1. The number of carboxylic acid groups (broad SMARTS) is 1. The number of fused-ring (bicyclic) bond motifs is 7. The SMILES string of the molecule is CC1(C)CC[C@]2(C(=O)O)CC[C@]3(C)C(=CC[C@@H]4[C@@]5(C)CC[C@H](OC(=O)CCC(=O)NCCO)C(C)(C)[C@@H]5CC[C@]43C)[C@@H]2C1. The minimum atomic E-state index is -0.616. The first-order valence-corrected chi connectivity index (χ1v) is 17.0. The highest BCUT2D eigenvalue weighted by Crippen LogP contribution is 2.75. The number of allylic oxidation sites excluding steroid dienone is 2. The number of rotatable bonds is 7. The van der Waals surface area contributed by atoms with Gasteiger partial charge in [0.2, 0.25) is 5.91 Å². The topological polar surface area (TPSA) is 113 Å². The second-order valence-corrected chi connectivity index (χ2v) is 17.1. The van der Waals surface area contributed by atoms with Crippen molar-refractivity contribution in [2.45, 2.75) is 132 Å². The van der Waals surface area contributed by atoms with Gasteiger partial charge in [0.15, 0.2) is 0 Å². The summed E-state index contributed by atoms with van der Waals surface area (Å²) in [5, 5.41) is 22.1. The Morgan fingerprint density at radius 1 is 0.907 bits per heavy atom. The van der Waals surface area contributed by atoms with Gasteiger partial charge in [-0.2, -0.15) is 0 Å². The van der Waals surface area contributed by atoms with Crippen molar-refractivity contribution in [3.05, 3.63) is 11.6 Å². The molecule has 1 amide bonds. The van der Waals surface area contributed by atoms with Gasteiger partial charge in [-0.05, 0) is 104 Å². The summed E-state index contributed by atoms with van der Waals surface area (Å²) in [6.07, 6.45) is 11.9. The molecule has 0 aliphatic heterocycles. The molecule has 5 rings (SSSR count). The van der Waals surface area contributed by atoms with Gasteiger partial charge in [0.05, 0.1) is 18.4 Å². The fraction of sp³-hybridized carbons (Fsp3) is 0.861. The molecular formula is C36H57NO6. The molecule has 43 heavy (non-hydrogen) atoms. The summed E-state index contributed by atoms with van der Waals surface area (Å²) in [6, 6.07) is 0. The molecule has 7 nitrogen and oxygen atoms in total. The fourth-order valence-electron chi connectivity index (χ4n) is 11.5. The molecule has 0 saturated heterocycles. The second kappa shape index (κ2) is 10.9. The van der Waals surface area contributed by atoms with E-state index in [1.807, 2.05) is 0 Å². The molecule has 0 spiro atoms. The quantitative estimate of drug-likeness (QED) is 0.222. The molecular weight excluding hydrogens is 542 g/mol. The van der Waals surface area contributed by atoms with Gasteiger partial charge < -0.3 is 20.3 Å². The van der Waals surface area contributed by atoms with Gasteiger partial charge in [-0.3, -0.25) is 14.4 Å². The number of hydrogen-bond acceptors (Lipinski definition) is 5. The predicted molar refractivity (Wildman–Crippen MR) is 166 cm³/mol. The third-order valence-electron chi connectivity index (χ3n) is 14.3. The van der Waals surface area contributed by atoms with Crippen LogP contribution >= 0.6 is 0 Å². The van der Waals surface area contributed by atoms with Crippen molar-refractivity contribution in [3.8, 4) is 0 Å². The Morgan fingerprint density at radius 2 is 1.60 bits per heavy atom. The maximum absolute atomic E-state index is 12.9. The standard InChI is InChI=1S/C36H57NO6/c1-31(2)16-18-36(30(41)42)19-17-34(6)23(24(36)22-31)8-9-26-33(5)14-13-27(32(3,4)25(33)12-15-35(26,34)7)43-29(40)11-10-28(39)37-20-21-38/h8,24-27,38H,9-22H2,1-7H3,(H,37,39)(H,41,42)/t24-,25-,26+,27-,33-,34+,35+,36-/m0/s1. The zero-order chi connectivity index (χ0) is 31.6. The summed E-state index contributed by atoms with van der Waals surface area (Å²) in [5.41, 5.74) is 0.997. The number of amides is 1. The van der Waals surface area contributed by atoms with E-state index in [2.05, 4.69) is 59.9 Å². The normalized spacial score (nSPS) is 42.7. The molecule has 0 radical (unpaired) electrons. The van der Waals surface area contributed by atoms with E-state index in [9.17, 15) is 19.5 Å². The summed E-state index contributed by atoms with van der Waals surface area (Å²) in [4.78, 5) is 37.7. The molecule has 0 bridgehead atoms. The van der Waals surface area contributed by atoms with Gasteiger partial charge in [-0.25, -0.2) is 0 Å². The molecule has 0 aromatic carbocycles. The van der Waals surface area contributed by atoms with Crippen LogP contribution in [0.5, 0.6) is 0 Å². The number of aliphatic hydroxyl groups is 1. The molecule has 8 atom stereocenters. The van der Waals surface area contributed by atoms with E-state index in [-0.39, 0.29) is 77.0 Å². The van der Waals surface area contributed by atoms with Gasteiger partial charge in [-0.1, -0.05) is 60.1 Å². The van der Waals surface area contributed by atoms with E-state index < -0.39 is 11.4 Å². The van der Waals surface area contributed by atoms with Crippen LogP contribution in [0.3, 0.4) is 0 Å². The highest BCUT2D eigenvalue weighted by molar-refractivity contribution is 5.81. The first-order chi connectivity index (χ1) is 20.0. The smallest absolute Gasteiger partial charge is 0.310 e. The summed E-state index contributed by atoms with van der Waals surface area (Å²) >= 11 is 0. The number of hydrogen-bond donors (Lipinski definition) is 3. The number of carbonyl (C=O) groups excluding carboxylic acids is 2.